The first-order valence-electron chi connectivity index (χ1n) is 12.4. The van der Waals surface area contributed by atoms with Crippen LogP contribution in [-0.2, 0) is 4.74 Å². The molecule has 212 valence electrons. The van der Waals surface area contributed by atoms with Crippen LogP contribution in [0, 0.1) is 12.7 Å². The van der Waals surface area contributed by atoms with Crippen molar-refractivity contribution < 1.29 is 32.2 Å². The van der Waals surface area contributed by atoms with Crippen molar-refractivity contribution in [2.24, 2.45) is 0 Å². The number of nitrogens with zero attached hydrogens (tertiary/aromatic N) is 4. The highest BCUT2D eigenvalue weighted by Gasteiger charge is 2.22. The lowest BCUT2D eigenvalue weighted by atomic mass is 10.1. The summed E-state index contributed by atoms with van der Waals surface area (Å²) < 4.78 is 59.3. The zero-order valence-electron chi connectivity index (χ0n) is 22.3. The number of amides is 1. The molecule has 0 fully saturated rings. The molecule has 0 aliphatic carbocycles. The van der Waals surface area contributed by atoms with Gasteiger partial charge in [-0.2, -0.15) is 0 Å². The third-order valence-corrected chi connectivity index (χ3v) is 7.29. The molecule has 0 bridgehead atoms. The Hall–Kier alpha value is -4.52. The summed E-state index contributed by atoms with van der Waals surface area (Å²) in [7, 11) is 1.46. The molecule has 5 aromatic rings. The van der Waals surface area contributed by atoms with E-state index in [2.05, 4.69) is 25.3 Å². The van der Waals surface area contributed by atoms with Crippen molar-refractivity contribution in [1.29, 1.82) is 0 Å². The van der Waals surface area contributed by atoms with Gasteiger partial charge in [0, 0.05) is 28.6 Å². The molecule has 0 spiro atoms. The quantitative estimate of drug-likeness (QED) is 0.206. The molecule has 0 aliphatic rings. The standard InChI is InChI=1S/C28H24F3N5O4S/c1-13(14(2)40-28(37)35-18-10-32-15(3)33-11-18)39-23-9-24-22(8-21(23)29)36-27(41-24)20-7-17(26(30)31)5-16-6-19(38-4)12-34-25(16)20/h5-14,26H,1-4H3,(H,35,37)/t13-,14+/m0/s1. The van der Waals surface area contributed by atoms with Crippen LogP contribution in [0.15, 0.2) is 48.9 Å². The summed E-state index contributed by atoms with van der Waals surface area (Å²) in [5.41, 5.74) is 1.35. The average Bonchev–Trinajstić information content (AvgIpc) is 3.35. The monoisotopic (exact) mass is 583 g/mol. The summed E-state index contributed by atoms with van der Waals surface area (Å²) in [5.74, 6) is 0.233. The van der Waals surface area contributed by atoms with Crippen LogP contribution in [0.25, 0.3) is 31.7 Å². The molecule has 0 unspecified atom stereocenters. The van der Waals surface area contributed by atoms with E-state index in [1.165, 1.54) is 61.3 Å². The van der Waals surface area contributed by atoms with E-state index in [4.69, 9.17) is 14.2 Å². The molecule has 0 aliphatic heterocycles. The highest BCUT2D eigenvalue weighted by Crippen LogP contribution is 2.39. The van der Waals surface area contributed by atoms with Gasteiger partial charge in [-0.15, -0.1) is 11.3 Å². The second kappa shape index (κ2) is 11.5. The third-order valence-electron chi connectivity index (χ3n) is 6.23. The Kier molecular flexibility index (Phi) is 7.88. The van der Waals surface area contributed by atoms with Crippen LogP contribution in [0.4, 0.5) is 23.7 Å². The number of nitrogens with one attached hydrogen (secondary N) is 1. The van der Waals surface area contributed by atoms with E-state index < -0.39 is 30.5 Å². The van der Waals surface area contributed by atoms with Gasteiger partial charge in [-0.25, -0.2) is 32.9 Å². The molecule has 9 nitrogen and oxygen atoms in total. The number of rotatable bonds is 8. The molecule has 2 atom stereocenters. The second-order valence-electron chi connectivity index (χ2n) is 9.16. The zero-order valence-corrected chi connectivity index (χ0v) is 23.1. The predicted octanol–water partition coefficient (Wildman–Crippen LogP) is 7.10. The fourth-order valence-electron chi connectivity index (χ4n) is 3.95. The minimum Gasteiger partial charge on any atom is -0.495 e. The van der Waals surface area contributed by atoms with E-state index in [1.807, 2.05) is 0 Å². The van der Waals surface area contributed by atoms with E-state index in [-0.39, 0.29) is 11.3 Å². The van der Waals surface area contributed by atoms with Gasteiger partial charge in [0.2, 0.25) is 0 Å². The molecule has 1 amide bonds. The SMILES string of the molecule is COc1cnc2c(-c3nc4cc(F)c(O[C@@H](C)[C@@H](C)OC(=O)Nc5cnc(C)nc5)cc4s3)cc(C(F)F)cc2c1. The van der Waals surface area contributed by atoms with Crippen LogP contribution in [0.2, 0.25) is 0 Å². The molecule has 0 saturated heterocycles. The Labute approximate surface area is 236 Å². The van der Waals surface area contributed by atoms with Gasteiger partial charge in [0.1, 0.15) is 28.8 Å². The number of anilines is 1. The van der Waals surface area contributed by atoms with Crippen molar-refractivity contribution in [3.05, 3.63) is 66.1 Å². The fraction of sp³-hybridized carbons (Fsp3) is 0.250. The van der Waals surface area contributed by atoms with Crippen LogP contribution in [0.1, 0.15) is 31.7 Å². The minimum atomic E-state index is -2.71. The van der Waals surface area contributed by atoms with Gasteiger partial charge >= 0.3 is 6.09 Å². The maximum absolute atomic E-state index is 15.0. The van der Waals surface area contributed by atoms with Gasteiger partial charge in [0.15, 0.2) is 11.6 Å². The summed E-state index contributed by atoms with van der Waals surface area (Å²) >= 11 is 1.19. The summed E-state index contributed by atoms with van der Waals surface area (Å²) in [6, 6.07) is 7.01. The minimum absolute atomic E-state index is 0.0722. The molecule has 13 heteroatoms. The summed E-state index contributed by atoms with van der Waals surface area (Å²) in [5, 5.41) is 3.38. The molecular weight excluding hydrogens is 559 g/mol. The highest BCUT2D eigenvalue weighted by atomic mass is 32.1. The van der Waals surface area contributed by atoms with Gasteiger partial charge in [-0.3, -0.25) is 10.3 Å². The van der Waals surface area contributed by atoms with Crippen molar-refractivity contribution in [3.63, 3.8) is 0 Å². The molecule has 2 aromatic carbocycles. The van der Waals surface area contributed by atoms with Crippen LogP contribution in [0.5, 0.6) is 11.5 Å². The van der Waals surface area contributed by atoms with Crippen molar-refractivity contribution in [2.45, 2.75) is 39.4 Å². The Bertz CT molecular complexity index is 1730. The number of alkyl halides is 2. The maximum atomic E-state index is 15.0. The molecular formula is C28H24F3N5O4S. The highest BCUT2D eigenvalue weighted by molar-refractivity contribution is 7.21. The molecule has 41 heavy (non-hydrogen) atoms. The Balaban J connectivity index is 1.38. The number of hydrogen-bond donors (Lipinski definition) is 1. The number of carbonyl (C=O) groups is 1. The number of fused-ring (bicyclic) bond motifs is 2. The first kappa shape index (κ1) is 28.0. The van der Waals surface area contributed by atoms with Gasteiger partial charge in [0.05, 0.1) is 47.1 Å². The number of aryl methyl sites for hydroxylation is 1. The van der Waals surface area contributed by atoms with Gasteiger partial charge in [0.25, 0.3) is 6.43 Å². The van der Waals surface area contributed by atoms with E-state index in [1.54, 1.807) is 26.8 Å². The maximum Gasteiger partial charge on any atom is 0.412 e. The van der Waals surface area contributed by atoms with E-state index in [9.17, 15) is 13.6 Å². The number of methoxy groups -OCH3 is 1. The van der Waals surface area contributed by atoms with Gasteiger partial charge < -0.3 is 14.2 Å². The molecule has 3 heterocycles. The Morgan fingerprint density at radius 1 is 1.00 bits per heavy atom. The number of ether oxygens (including phenoxy) is 3. The lowest BCUT2D eigenvalue weighted by Crippen LogP contribution is -2.32. The predicted molar refractivity (Wildman–Crippen MR) is 148 cm³/mol. The number of carbonyl (C=O) groups excluding carboxylic acids is 1. The van der Waals surface area contributed by atoms with E-state index >= 15 is 4.39 Å². The first-order valence-corrected chi connectivity index (χ1v) is 13.2. The summed E-state index contributed by atoms with van der Waals surface area (Å²) in [4.78, 5) is 29.1. The number of thiazole rings is 1. The number of halogens is 3. The second-order valence-corrected chi connectivity index (χ2v) is 10.2. The van der Waals surface area contributed by atoms with Crippen molar-refractivity contribution in [3.8, 4) is 22.1 Å². The number of benzene rings is 2. The topological polar surface area (TPSA) is 108 Å². The van der Waals surface area contributed by atoms with Crippen LogP contribution >= 0.6 is 11.3 Å². The molecule has 0 saturated carbocycles. The first-order chi connectivity index (χ1) is 19.6. The van der Waals surface area contributed by atoms with E-state index in [0.29, 0.717) is 49.0 Å². The van der Waals surface area contributed by atoms with Crippen molar-refractivity contribution in [1.82, 2.24) is 19.9 Å². The molecule has 1 N–H and O–H groups in total. The number of pyridine rings is 1. The van der Waals surface area contributed by atoms with Crippen LogP contribution in [-0.4, -0.2) is 45.3 Å². The summed E-state index contributed by atoms with van der Waals surface area (Å²) in [6.45, 7) is 4.96. The third kappa shape index (κ3) is 6.14. The Morgan fingerprint density at radius 2 is 1.76 bits per heavy atom. The fourth-order valence-corrected chi connectivity index (χ4v) is 4.95. The Morgan fingerprint density at radius 3 is 2.46 bits per heavy atom. The number of aromatic nitrogens is 4. The number of hydrogen-bond acceptors (Lipinski definition) is 9. The average molecular weight is 584 g/mol. The molecule has 5 rings (SSSR count). The smallest absolute Gasteiger partial charge is 0.412 e. The summed E-state index contributed by atoms with van der Waals surface area (Å²) in [6.07, 6.45) is -0.544. The van der Waals surface area contributed by atoms with Gasteiger partial charge in [-0.1, -0.05) is 0 Å². The van der Waals surface area contributed by atoms with Crippen molar-refractivity contribution >= 4 is 44.2 Å². The normalized spacial score (nSPS) is 12.9. The lowest BCUT2D eigenvalue weighted by Gasteiger charge is -2.22. The van der Waals surface area contributed by atoms with E-state index in [0.717, 1.165) is 0 Å². The zero-order chi connectivity index (χ0) is 29.3. The largest absolute Gasteiger partial charge is 0.495 e. The van der Waals surface area contributed by atoms with Crippen LogP contribution < -0.4 is 14.8 Å². The lowest BCUT2D eigenvalue weighted by molar-refractivity contribution is 0.0402. The molecule has 0 radical (unpaired) electrons. The molecule has 3 aromatic heterocycles. The van der Waals surface area contributed by atoms with Crippen LogP contribution in [0.3, 0.4) is 0 Å². The van der Waals surface area contributed by atoms with Gasteiger partial charge in [-0.05, 0) is 39.0 Å². The van der Waals surface area contributed by atoms with Crippen molar-refractivity contribution in [2.75, 3.05) is 12.4 Å².